The van der Waals surface area contributed by atoms with Crippen molar-refractivity contribution in [1.82, 2.24) is 14.7 Å². The van der Waals surface area contributed by atoms with E-state index >= 15 is 0 Å². The summed E-state index contributed by atoms with van der Waals surface area (Å²) >= 11 is 0. The van der Waals surface area contributed by atoms with Gasteiger partial charge in [0.1, 0.15) is 0 Å². The van der Waals surface area contributed by atoms with Crippen LogP contribution in [0.2, 0.25) is 0 Å². The van der Waals surface area contributed by atoms with Crippen LogP contribution >= 0.6 is 0 Å². The molecule has 0 saturated carbocycles. The molecule has 152 valence electrons. The van der Waals surface area contributed by atoms with Crippen LogP contribution in [0.5, 0.6) is 0 Å². The lowest BCUT2D eigenvalue weighted by Crippen LogP contribution is -2.62. The minimum atomic E-state index is -0.100. The molecule has 6 nitrogen and oxygen atoms in total. The first-order valence-electron chi connectivity index (χ1n) is 10.6. The van der Waals surface area contributed by atoms with Crippen molar-refractivity contribution in [3.05, 3.63) is 29.8 Å². The van der Waals surface area contributed by atoms with Gasteiger partial charge in [-0.2, -0.15) is 0 Å². The van der Waals surface area contributed by atoms with E-state index in [1.54, 1.807) is 0 Å². The van der Waals surface area contributed by atoms with Crippen molar-refractivity contribution >= 4 is 17.5 Å². The fraction of sp³-hybridized carbons (Fsp3) is 0.636. The normalized spacial score (nSPS) is 26.8. The predicted molar refractivity (Wildman–Crippen MR) is 111 cm³/mol. The minimum Gasteiger partial charge on any atom is -0.371 e. The highest BCUT2D eigenvalue weighted by Gasteiger charge is 2.43. The minimum absolute atomic E-state index is 0.100. The number of nitrogens with zero attached hydrogens (tertiary/aromatic N) is 4. The summed E-state index contributed by atoms with van der Waals surface area (Å²) in [5.74, 6) is 0.354. The van der Waals surface area contributed by atoms with Gasteiger partial charge < -0.3 is 14.7 Å². The molecular formula is C22H32N4O2. The van der Waals surface area contributed by atoms with Crippen LogP contribution in [0.25, 0.3) is 0 Å². The van der Waals surface area contributed by atoms with E-state index < -0.39 is 0 Å². The second-order valence-corrected chi connectivity index (χ2v) is 8.65. The third-order valence-electron chi connectivity index (χ3n) is 7.01. The van der Waals surface area contributed by atoms with E-state index in [0.717, 1.165) is 56.8 Å². The number of carbonyl (C=O) groups excluding carboxylic acids is 2. The molecule has 0 aliphatic carbocycles. The second-order valence-electron chi connectivity index (χ2n) is 8.65. The molecule has 1 spiro atoms. The van der Waals surface area contributed by atoms with Crippen molar-refractivity contribution in [3.63, 3.8) is 0 Å². The molecule has 1 aromatic rings. The van der Waals surface area contributed by atoms with Gasteiger partial charge in [0.05, 0.1) is 5.56 Å². The quantitative estimate of drug-likeness (QED) is 0.783. The Morgan fingerprint density at radius 2 is 1.71 bits per heavy atom. The van der Waals surface area contributed by atoms with E-state index in [-0.39, 0.29) is 17.4 Å². The molecular weight excluding hydrogens is 352 g/mol. The first-order chi connectivity index (χ1) is 13.5. The SMILES string of the molecule is CN1CC[C@]2(CCC1=O)CN(C(=O)c1ccccc1N1CCCC1)CCN2C. The van der Waals surface area contributed by atoms with Crippen LogP contribution < -0.4 is 4.90 Å². The molecule has 3 fully saturated rings. The van der Waals surface area contributed by atoms with Gasteiger partial charge in [-0.1, -0.05) is 12.1 Å². The Hall–Kier alpha value is -2.08. The summed E-state index contributed by atoms with van der Waals surface area (Å²) in [6, 6.07) is 8.07. The number of likely N-dealkylation sites (N-methyl/N-ethyl adjacent to an activating group) is 1. The first-order valence-corrected chi connectivity index (χ1v) is 10.6. The van der Waals surface area contributed by atoms with E-state index in [9.17, 15) is 9.59 Å². The van der Waals surface area contributed by atoms with Crippen LogP contribution in [0.1, 0.15) is 42.5 Å². The van der Waals surface area contributed by atoms with Crippen molar-refractivity contribution in [2.75, 3.05) is 58.3 Å². The third-order valence-corrected chi connectivity index (χ3v) is 7.01. The monoisotopic (exact) mass is 384 g/mol. The number of benzene rings is 1. The van der Waals surface area contributed by atoms with Crippen molar-refractivity contribution < 1.29 is 9.59 Å². The Balaban J connectivity index is 1.57. The van der Waals surface area contributed by atoms with Crippen LogP contribution in [0.4, 0.5) is 5.69 Å². The number of anilines is 1. The summed E-state index contributed by atoms with van der Waals surface area (Å²) in [5, 5.41) is 0. The van der Waals surface area contributed by atoms with E-state index in [2.05, 4.69) is 22.9 Å². The molecule has 0 radical (unpaired) electrons. The van der Waals surface area contributed by atoms with E-state index in [4.69, 9.17) is 0 Å². The zero-order chi connectivity index (χ0) is 19.7. The van der Waals surface area contributed by atoms with E-state index in [0.29, 0.717) is 13.0 Å². The zero-order valence-corrected chi connectivity index (χ0v) is 17.2. The van der Waals surface area contributed by atoms with Crippen LogP contribution in [0.3, 0.4) is 0 Å². The van der Waals surface area contributed by atoms with E-state index in [1.165, 1.54) is 12.8 Å². The molecule has 3 saturated heterocycles. The first kappa shape index (κ1) is 19.2. The van der Waals surface area contributed by atoms with Gasteiger partial charge in [0.2, 0.25) is 5.91 Å². The molecule has 1 aromatic carbocycles. The second kappa shape index (κ2) is 7.74. The van der Waals surface area contributed by atoms with Gasteiger partial charge in [-0.05, 0) is 44.9 Å². The van der Waals surface area contributed by atoms with Crippen molar-refractivity contribution in [3.8, 4) is 0 Å². The number of piperazine rings is 1. The number of carbonyl (C=O) groups is 2. The average Bonchev–Trinajstić information content (AvgIpc) is 3.21. The standard InChI is InChI=1S/C22H32N4O2/c1-23-14-11-22(10-9-20(23)27)17-26(16-15-24(22)2)21(28)18-7-3-4-8-19(18)25-12-5-6-13-25/h3-4,7-8H,5-6,9-17H2,1-2H3/t22-/m1/s1. The summed E-state index contributed by atoms with van der Waals surface area (Å²) in [7, 11) is 4.04. The Morgan fingerprint density at radius 3 is 2.50 bits per heavy atom. The fourth-order valence-electron chi connectivity index (χ4n) is 4.99. The molecule has 3 aliphatic heterocycles. The third kappa shape index (κ3) is 3.50. The lowest BCUT2D eigenvalue weighted by atomic mass is 9.86. The Labute approximate surface area is 168 Å². The maximum Gasteiger partial charge on any atom is 0.256 e. The molecule has 0 unspecified atom stereocenters. The van der Waals surface area contributed by atoms with Crippen molar-refractivity contribution in [1.29, 1.82) is 0 Å². The highest BCUT2D eigenvalue weighted by Crippen LogP contribution is 2.33. The Morgan fingerprint density at radius 1 is 0.964 bits per heavy atom. The molecule has 0 N–H and O–H groups in total. The topological polar surface area (TPSA) is 47.1 Å². The van der Waals surface area contributed by atoms with Crippen LogP contribution in [0, 0.1) is 0 Å². The van der Waals surface area contributed by atoms with Gasteiger partial charge in [0, 0.05) is 64.0 Å². The van der Waals surface area contributed by atoms with Gasteiger partial charge in [-0.15, -0.1) is 0 Å². The molecule has 2 amide bonds. The fourth-order valence-corrected chi connectivity index (χ4v) is 4.99. The number of rotatable bonds is 2. The number of para-hydroxylation sites is 1. The summed E-state index contributed by atoms with van der Waals surface area (Å²) in [6.45, 7) is 5.13. The summed E-state index contributed by atoms with van der Waals surface area (Å²) in [6.07, 6.45) is 4.70. The van der Waals surface area contributed by atoms with Gasteiger partial charge >= 0.3 is 0 Å². The molecule has 4 rings (SSSR count). The lowest BCUT2D eigenvalue weighted by Gasteiger charge is -2.49. The summed E-state index contributed by atoms with van der Waals surface area (Å²) < 4.78 is 0. The van der Waals surface area contributed by atoms with Crippen LogP contribution in [-0.4, -0.2) is 85.4 Å². The molecule has 0 bridgehead atoms. The summed E-state index contributed by atoms with van der Waals surface area (Å²) in [5.41, 5.74) is 1.80. The molecule has 3 heterocycles. The lowest BCUT2D eigenvalue weighted by molar-refractivity contribution is -0.129. The Kier molecular flexibility index (Phi) is 5.32. The van der Waals surface area contributed by atoms with Crippen molar-refractivity contribution in [2.45, 2.75) is 37.6 Å². The molecule has 28 heavy (non-hydrogen) atoms. The van der Waals surface area contributed by atoms with Crippen molar-refractivity contribution in [2.24, 2.45) is 0 Å². The smallest absolute Gasteiger partial charge is 0.256 e. The number of likely N-dealkylation sites (tertiary alicyclic amines) is 1. The zero-order valence-electron chi connectivity index (χ0n) is 17.2. The average molecular weight is 385 g/mol. The Bertz CT molecular complexity index is 746. The number of hydrogen-bond donors (Lipinski definition) is 0. The van der Waals surface area contributed by atoms with Crippen LogP contribution in [-0.2, 0) is 4.79 Å². The molecule has 3 aliphatic rings. The summed E-state index contributed by atoms with van der Waals surface area (Å²) in [4.78, 5) is 34.3. The highest BCUT2D eigenvalue weighted by atomic mass is 16.2. The molecule has 6 heteroatoms. The largest absolute Gasteiger partial charge is 0.371 e. The van der Waals surface area contributed by atoms with Gasteiger partial charge in [-0.25, -0.2) is 0 Å². The predicted octanol–water partition coefficient (Wildman–Crippen LogP) is 2.06. The highest BCUT2D eigenvalue weighted by molar-refractivity contribution is 6.00. The van der Waals surface area contributed by atoms with Gasteiger partial charge in [-0.3, -0.25) is 14.5 Å². The molecule has 0 aromatic heterocycles. The molecule has 1 atom stereocenters. The number of hydrogen-bond acceptors (Lipinski definition) is 4. The maximum absolute atomic E-state index is 13.5. The van der Waals surface area contributed by atoms with E-state index in [1.807, 2.05) is 35.0 Å². The van der Waals surface area contributed by atoms with Crippen LogP contribution in [0.15, 0.2) is 24.3 Å². The number of amides is 2. The van der Waals surface area contributed by atoms with Gasteiger partial charge in [0.25, 0.3) is 5.91 Å². The maximum atomic E-state index is 13.5. The van der Waals surface area contributed by atoms with Gasteiger partial charge in [0.15, 0.2) is 0 Å².